The van der Waals surface area contributed by atoms with Crippen LogP contribution in [-0.4, -0.2) is 47.9 Å². The Balaban J connectivity index is 1.90. The van der Waals surface area contributed by atoms with Crippen molar-refractivity contribution in [3.05, 3.63) is 99.6 Å². The zero-order valence-electron chi connectivity index (χ0n) is 23.4. The predicted molar refractivity (Wildman–Crippen MR) is 151 cm³/mol. The van der Waals surface area contributed by atoms with Crippen LogP contribution in [0.25, 0.3) is 11.1 Å². The summed E-state index contributed by atoms with van der Waals surface area (Å²) in [5, 5.41) is 20.9. The molecule has 0 aliphatic carbocycles. The Kier molecular flexibility index (Phi) is 9.16. The van der Waals surface area contributed by atoms with E-state index in [0.717, 1.165) is 0 Å². The van der Waals surface area contributed by atoms with Gasteiger partial charge in [-0.25, -0.2) is 13.4 Å². The summed E-state index contributed by atoms with van der Waals surface area (Å²) in [4.78, 5) is 19.7. The maximum Gasteiger partial charge on any atom is 0.296 e. The van der Waals surface area contributed by atoms with Gasteiger partial charge < -0.3 is 14.6 Å². The summed E-state index contributed by atoms with van der Waals surface area (Å²) in [6.07, 6.45) is 1.04. The average Bonchev–Trinajstić information content (AvgIpc) is 2.96. The van der Waals surface area contributed by atoms with Crippen LogP contribution in [0, 0.1) is 24.2 Å². The maximum atomic E-state index is 14.0. The third kappa shape index (κ3) is 6.08. The van der Waals surface area contributed by atoms with E-state index in [1.54, 1.807) is 51.1 Å². The van der Waals surface area contributed by atoms with E-state index in [-0.39, 0.29) is 30.0 Å². The van der Waals surface area contributed by atoms with Crippen molar-refractivity contribution in [2.24, 2.45) is 0 Å². The molecular weight excluding hydrogens is 563 g/mol. The van der Waals surface area contributed by atoms with Gasteiger partial charge in [0.05, 0.1) is 35.3 Å². The first kappa shape index (κ1) is 30.5. The first-order valence-corrected chi connectivity index (χ1v) is 14.4. The van der Waals surface area contributed by atoms with Crippen molar-refractivity contribution >= 4 is 9.84 Å². The van der Waals surface area contributed by atoms with Gasteiger partial charge in [-0.3, -0.25) is 9.36 Å². The van der Waals surface area contributed by atoms with Crippen LogP contribution in [0.3, 0.4) is 0 Å². The highest BCUT2D eigenvalue weighted by Crippen LogP contribution is 2.33. The van der Waals surface area contributed by atoms with Gasteiger partial charge >= 0.3 is 0 Å². The van der Waals surface area contributed by atoms with Crippen LogP contribution in [0.5, 0.6) is 5.88 Å². The van der Waals surface area contributed by atoms with Crippen molar-refractivity contribution in [3.8, 4) is 23.1 Å². The number of rotatable bonds is 10. The van der Waals surface area contributed by atoms with Gasteiger partial charge in [0.1, 0.15) is 12.4 Å². The molecular formula is C30H29FN4O6S. The highest BCUT2D eigenvalue weighted by atomic mass is 32.2. The Labute approximate surface area is 242 Å². The fraction of sp³-hybridized carbons (Fsp3) is 0.267. The van der Waals surface area contributed by atoms with Crippen LogP contribution >= 0.6 is 0 Å². The van der Waals surface area contributed by atoms with Gasteiger partial charge in [-0.15, -0.1) is 0 Å². The summed E-state index contributed by atoms with van der Waals surface area (Å²) in [6.45, 7) is 4.83. The highest BCUT2D eigenvalue weighted by Gasteiger charge is 2.32. The number of pyridine rings is 1. The summed E-state index contributed by atoms with van der Waals surface area (Å²) in [5.74, 6) is -1.52. The Morgan fingerprint density at radius 2 is 1.86 bits per heavy atom. The second kappa shape index (κ2) is 12.6. The van der Waals surface area contributed by atoms with E-state index in [0.29, 0.717) is 27.8 Å². The summed E-state index contributed by atoms with van der Waals surface area (Å²) >= 11 is 0. The molecule has 2 aromatic carbocycles. The molecule has 0 radical (unpaired) electrons. The minimum absolute atomic E-state index is 0.0277. The smallest absolute Gasteiger partial charge is 0.296 e. The lowest BCUT2D eigenvalue weighted by Crippen LogP contribution is -2.29. The summed E-state index contributed by atoms with van der Waals surface area (Å²) in [6, 6.07) is 14.8. The van der Waals surface area contributed by atoms with Crippen molar-refractivity contribution in [3.63, 3.8) is 0 Å². The standard InChI is InChI=1S/C30H29FN4O6S/c1-18(2)41-17-26-34-29(36)27(30(37)35(26)25(16-40-4)22-7-5-6-20(14-22)15-32)42(38,39)23-10-8-21(9-11-23)24-12-13-33-28(31)19(24)3/h5-14,18,25,37H,16-17H2,1-4H3/t25-/m0/s1. The summed E-state index contributed by atoms with van der Waals surface area (Å²) in [7, 11) is -3.17. The Hall–Kier alpha value is -4.44. The molecule has 42 heavy (non-hydrogen) atoms. The first-order valence-electron chi connectivity index (χ1n) is 12.9. The Morgan fingerprint density at radius 3 is 2.50 bits per heavy atom. The van der Waals surface area contributed by atoms with E-state index in [9.17, 15) is 28.0 Å². The molecule has 0 saturated carbocycles. The van der Waals surface area contributed by atoms with Gasteiger partial charge in [-0.1, -0.05) is 24.3 Å². The fourth-order valence-electron chi connectivity index (χ4n) is 4.50. The number of hydrogen-bond donors (Lipinski definition) is 1. The third-order valence-electron chi connectivity index (χ3n) is 6.60. The molecule has 0 amide bonds. The minimum Gasteiger partial charge on any atom is -0.493 e. The average molecular weight is 593 g/mol. The molecule has 1 atom stereocenters. The molecule has 0 saturated heterocycles. The monoisotopic (exact) mass is 592 g/mol. The molecule has 0 aliphatic rings. The van der Waals surface area contributed by atoms with Crippen molar-refractivity contribution in [1.29, 1.82) is 5.26 Å². The van der Waals surface area contributed by atoms with Crippen molar-refractivity contribution in [2.75, 3.05) is 13.7 Å². The van der Waals surface area contributed by atoms with E-state index in [1.165, 1.54) is 42.1 Å². The number of benzene rings is 2. The van der Waals surface area contributed by atoms with Gasteiger partial charge in [-0.05, 0) is 67.8 Å². The molecule has 0 spiro atoms. The fourth-order valence-corrected chi connectivity index (χ4v) is 5.85. The number of aromatic hydroxyl groups is 1. The number of hydrogen-bond acceptors (Lipinski definition) is 9. The van der Waals surface area contributed by atoms with Crippen LogP contribution in [-0.2, 0) is 25.9 Å². The normalized spacial score (nSPS) is 12.3. The lowest BCUT2D eigenvalue weighted by Gasteiger charge is -2.26. The molecule has 0 unspecified atom stereocenters. The lowest BCUT2D eigenvalue weighted by atomic mass is 10.0. The zero-order chi connectivity index (χ0) is 30.6. The van der Waals surface area contributed by atoms with Gasteiger partial charge in [0.15, 0.2) is 4.90 Å². The molecule has 12 heteroatoms. The third-order valence-corrected chi connectivity index (χ3v) is 8.39. The lowest BCUT2D eigenvalue weighted by molar-refractivity contribution is 0.0554. The molecule has 10 nitrogen and oxygen atoms in total. The first-order chi connectivity index (χ1) is 20.0. The zero-order valence-corrected chi connectivity index (χ0v) is 24.2. The van der Waals surface area contributed by atoms with Gasteiger partial charge in [0, 0.05) is 18.9 Å². The number of ether oxygens (including phenoxy) is 2. The van der Waals surface area contributed by atoms with Crippen LogP contribution in [0.1, 0.15) is 42.4 Å². The van der Waals surface area contributed by atoms with Gasteiger partial charge in [-0.2, -0.15) is 14.6 Å². The quantitative estimate of drug-likeness (QED) is 0.266. The molecule has 4 rings (SSSR count). The molecule has 0 bridgehead atoms. The van der Waals surface area contributed by atoms with E-state index in [4.69, 9.17) is 9.47 Å². The summed E-state index contributed by atoms with van der Waals surface area (Å²) in [5.41, 5.74) is 1.03. The molecule has 0 aliphatic heterocycles. The van der Waals surface area contributed by atoms with Crippen molar-refractivity contribution in [1.82, 2.24) is 14.5 Å². The molecule has 2 aromatic heterocycles. The van der Waals surface area contributed by atoms with E-state index >= 15 is 0 Å². The van der Waals surface area contributed by atoms with Gasteiger partial charge in [0.2, 0.25) is 21.7 Å². The highest BCUT2D eigenvalue weighted by molar-refractivity contribution is 7.91. The van der Waals surface area contributed by atoms with Gasteiger partial charge in [0.25, 0.3) is 5.56 Å². The maximum absolute atomic E-state index is 14.0. The molecule has 0 fully saturated rings. The topological polar surface area (TPSA) is 144 Å². The second-order valence-corrected chi connectivity index (χ2v) is 11.6. The Bertz CT molecular complexity index is 1820. The molecule has 218 valence electrons. The van der Waals surface area contributed by atoms with Crippen LogP contribution in [0.4, 0.5) is 4.39 Å². The van der Waals surface area contributed by atoms with Crippen LogP contribution in [0.2, 0.25) is 0 Å². The summed E-state index contributed by atoms with van der Waals surface area (Å²) < 4.78 is 53.8. The SMILES string of the molecule is COC[C@@H](c1cccc(C#N)c1)n1c(COC(C)C)nc(=O)c(S(=O)(=O)c2ccc(-c3ccnc(F)c3C)cc2)c1O. The van der Waals surface area contributed by atoms with E-state index < -0.39 is 38.2 Å². The van der Waals surface area contributed by atoms with Crippen LogP contribution in [0.15, 0.2) is 75.4 Å². The number of nitriles is 1. The molecule has 4 aromatic rings. The second-order valence-electron chi connectivity index (χ2n) is 9.73. The molecule has 2 heterocycles. The van der Waals surface area contributed by atoms with Crippen molar-refractivity contribution in [2.45, 2.75) is 49.3 Å². The van der Waals surface area contributed by atoms with E-state index in [2.05, 4.69) is 16.0 Å². The number of sulfone groups is 1. The number of methoxy groups -OCH3 is 1. The number of aromatic nitrogens is 3. The largest absolute Gasteiger partial charge is 0.493 e. The minimum atomic E-state index is -4.60. The van der Waals surface area contributed by atoms with Crippen molar-refractivity contribution < 1.29 is 27.4 Å². The Morgan fingerprint density at radius 1 is 1.14 bits per heavy atom. The number of nitrogens with zero attached hydrogens (tertiary/aromatic N) is 4. The van der Waals surface area contributed by atoms with E-state index in [1.807, 2.05) is 0 Å². The predicted octanol–water partition coefficient (Wildman–Crippen LogP) is 4.32. The molecule has 1 N–H and O–H groups in total. The van der Waals surface area contributed by atoms with Crippen LogP contribution < -0.4 is 5.56 Å². The number of halogens is 1.